The van der Waals surface area contributed by atoms with Crippen molar-refractivity contribution in [2.45, 2.75) is 50.4 Å². The van der Waals surface area contributed by atoms with Gasteiger partial charge in [-0.1, -0.05) is 30.3 Å². The summed E-state index contributed by atoms with van der Waals surface area (Å²) in [7, 11) is 0. The molecule has 0 aromatic heterocycles. The van der Waals surface area contributed by atoms with E-state index in [4.69, 9.17) is 6.57 Å². The molecule has 5 heteroatoms. The predicted molar refractivity (Wildman–Crippen MR) is 95.7 cm³/mol. The minimum Gasteiger partial charge on any atom is -0.339 e. The second kappa shape index (κ2) is 7.53. The zero-order chi connectivity index (χ0) is 17.9. The Bertz CT molecular complexity index is 634. The molecule has 1 aliphatic heterocycles. The average Bonchev–Trinajstić information content (AvgIpc) is 2.84. The number of alkyl halides is 1. The molecule has 1 aromatic carbocycles. The van der Waals surface area contributed by atoms with Crippen molar-refractivity contribution in [3.63, 3.8) is 0 Å². The molecular formula is C20H26FN3O. The molecule has 3 rings (SSSR count). The Labute approximate surface area is 149 Å². The highest BCUT2D eigenvalue weighted by Crippen LogP contribution is 2.42. The van der Waals surface area contributed by atoms with Crippen LogP contribution in [0.2, 0.25) is 0 Å². The largest absolute Gasteiger partial charge is 0.339 e. The fourth-order valence-electron chi connectivity index (χ4n) is 4.26. The third-order valence-electron chi connectivity index (χ3n) is 5.78. The highest BCUT2D eigenvalue weighted by Gasteiger charge is 2.44. The molecule has 25 heavy (non-hydrogen) atoms. The summed E-state index contributed by atoms with van der Waals surface area (Å²) < 4.78 is 14.3. The SMILES string of the molecule is [C-]#[N+]C1(c2ccccc2)CCC(N2CCN(C(C)=O)CC(F)C2)CC1. The first-order chi connectivity index (χ1) is 12.0. The molecule has 2 fully saturated rings. The molecule has 0 spiro atoms. The molecule has 0 bridgehead atoms. The standard InChI is InChI=1S/C20H26FN3O/c1-16(25)23-12-13-24(15-18(21)14-23)19-8-10-20(22-2,11-9-19)17-6-4-3-5-7-17/h3-7,18-19H,8-15H2,1H3. The Morgan fingerprint density at radius 1 is 1.20 bits per heavy atom. The van der Waals surface area contributed by atoms with Crippen LogP contribution < -0.4 is 0 Å². The Morgan fingerprint density at radius 2 is 1.88 bits per heavy atom. The van der Waals surface area contributed by atoms with Crippen LogP contribution in [0.5, 0.6) is 0 Å². The van der Waals surface area contributed by atoms with Gasteiger partial charge in [0.1, 0.15) is 6.17 Å². The van der Waals surface area contributed by atoms with Gasteiger partial charge in [0.15, 0.2) is 0 Å². The van der Waals surface area contributed by atoms with Gasteiger partial charge < -0.3 is 9.74 Å². The smallest absolute Gasteiger partial charge is 0.257 e. The maximum Gasteiger partial charge on any atom is 0.257 e. The van der Waals surface area contributed by atoms with Crippen LogP contribution in [0.3, 0.4) is 0 Å². The summed E-state index contributed by atoms with van der Waals surface area (Å²) in [5.41, 5.74) is 0.676. The van der Waals surface area contributed by atoms with Crippen LogP contribution in [0.25, 0.3) is 4.85 Å². The number of benzene rings is 1. The van der Waals surface area contributed by atoms with Crippen LogP contribution in [0.1, 0.15) is 38.2 Å². The minimum atomic E-state index is -0.993. The lowest BCUT2D eigenvalue weighted by Gasteiger charge is -2.37. The maximum absolute atomic E-state index is 14.3. The van der Waals surface area contributed by atoms with E-state index in [-0.39, 0.29) is 12.5 Å². The Morgan fingerprint density at radius 3 is 2.48 bits per heavy atom. The van der Waals surface area contributed by atoms with E-state index < -0.39 is 11.7 Å². The molecule has 1 atom stereocenters. The lowest BCUT2D eigenvalue weighted by atomic mass is 9.75. The summed E-state index contributed by atoms with van der Waals surface area (Å²) in [6, 6.07) is 10.4. The summed E-state index contributed by atoms with van der Waals surface area (Å²) in [6.45, 7) is 11.2. The molecule has 2 aliphatic rings. The fourth-order valence-corrected chi connectivity index (χ4v) is 4.26. The third kappa shape index (κ3) is 3.85. The maximum atomic E-state index is 14.3. The molecule has 1 amide bonds. The van der Waals surface area contributed by atoms with Gasteiger partial charge >= 0.3 is 0 Å². The molecule has 1 unspecified atom stereocenters. The van der Waals surface area contributed by atoms with Crippen molar-refractivity contribution in [3.8, 4) is 0 Å². The predicted octanol–water partition coefficient (Wildman–Crippen LogP) is 3.25. The number of hydrogen-bond donors (Lipinski definition) is 0. The molecule has 4 nitrogen and oxygen atoms in total. The van der Waals surface area contributed by atoms with E-state index in [9.17, 15) is 9.18 Å². The van der Waals surface area contributed by atoms with Crippen molar-refractivity contribution in [1.82, 2.24) is 9.80 Å². The van der Waals surface area contributed by atoms with Gasteiger partial charge in [-0.05, 0) is 12.8 Å². The molecule has 134 valence electrons. The normalized spacial score (nSPS) is 31.2. The average molecular weight is 343 g/mol. The van der Waals surface area contributed by atoms with Crippen LogP contribution in [0.15, 0.2) is 30.3 Å². The first kappa shape index (κ1) is 17.9. The highest BCUT2D eigenvalue weighted by molar-refractivity contribution is 5.73. The number of halogens is 1. The van der Waals surface area contributed by atoms with Gasteiger partial charge in [0.2, 0.25) is 5.91 Å². The van der Waals surface area contributed by atoms with Gasteiger partial charge in [0.05, 0.1) is 6.54 Å². The van der Waals surface area contributed by atoms with E-state index in [0.29, 0.717) is 19.1 Å². The van der Waals surface area contributed by atoms with Gasteiger partial charge in [-0.2, -0.15) is 0 Å². The lowest BCUT2D eigenvalue weighted by Crippen LogP contribution is -2.44. The minimum absolute atomic E-state index is 0.0516. The zero-order valence-electron chi connectivity index (χ0n) is 14.8. The lowest BCUT2D eigenvalue weighted by molar-refractivity contribution is -0.129. The van der Waals surface area contributed by atoms with Crippen LogP contribution >= 0.6 is 0 Å². The Kier molecular flexibility index (Phi) is 5.39. The van der Waals surface area contributed by atoms with Crippen LogP contribution in [-0.2, 0) is 10.3 Å². The van der Waals surface area contributed by atoms with E-state index in [1.165, 1.54) is 6.92 Å². The van der Waals surface area contributed by atoms with E-state index >= 15 is 0 Å². The zero-order valence-corrected chi connectivity index (χ0v) is 14.8. The van der Waals surface area contributed by atoms with Crippen molar-refractivity contribution < 1.29 is 9.18 Å². The number of amides is 1. The van der Waals surface area contributed by atoms with Gasteiger partial charge in [0, 0.05) is 51.0 Å². The van der Waals surface area contributed by atoms with Crippen molar-refractivity contribution in [2.75, 3.05) is 26.2 Å². The summed E-state index contributed by atoms with van der Waals surface area (Å²) in [6.07, 6.45) is 2.45. The third-order valence-corrected chi connectivity index (χ3v) is 5.78. The molecule has 1 saturated heterocycles. The van der Waals surface area contributed by atoms with Gasteiger partial charge in [0.25, 0.3) is 5.54 Å². The molecule has 1 heterocycles. The number of carbonyl (C=O) groups excluding carboxylic acids is 1. The first-order valence-electron chi connectivity index (χ1n) is 9.12. The topological polar surface area (TPSA) is 27.9 Å². The van der Waals surface area contributed by atoms with Crippen LogP contribution in [0, 0.1) is 6.57 Å². The summed E-state index contributed by atoms with van der Waals surface area (Å²) in [4.78, 5) is 19.4. The summed E-state index contributed by atoms with van der Waals surface area (Å²) in [5, 5.41) is 0. The number of carbonyl (C=O) groups is 1. The van der Waals surface area contributed by atoms with Crippen LogP contribution in [-0.4, -0.2) is 54.1 Å². The monoisotopic (exact) mass is 343 g/mol. The number of rotatable bonds is 2. The van der Waals surface area contributed by atoms with Crippen molar-refractivity contribution >= 4 is 5.91 Å². The van der Waals surface area contributed by atoms with Gasteiger partial charge in [-0.15, -0.1) is 0 Å². The second-order valence-corrected chi connectivity index (χ2v) is 7.30. The molecule has 1 aliphatic carbocycles. The molecule has 1 saturated carbocycles. The van der Waals surface area contributed by atoms with Gasteiger partial charge in [-0.25, -0.2) is 11.0 Å². The van der Waals surface area contributed by atoms with E-state index in [1.54, 1.807) is 4.90 Å². The van der Waals surface area contributed by atoms with E-state index in [2.05, 4.69) is 9.74 Å². The quantitative estimate of drug-likeness (QED) is 0.771. The van der Waals surface area contributed by atoms with Crippen molar-refractivity contribution in [2.24, 2.45) is 0 Å². The molecular weight excluding hydrogens is 317 g/mol. The first-order valence-corrected chi connectivity index (χ1v) is 9.12. The molecule has 0 N–H and O–H groups in total. The van der Waals surface area contributed by atoms with Crippen molar-refractivity contribution in [3.05, 3.63) is 47.3 Å². The highest BCUT2D eigenvalue weighted by atomic mass is 19.1. The molecule has 1 aromatic rings. The summed E-state index contributed by atoms with van der Waals surface area (Å²) >= 11 is 0. The van der Waals surface area contributed by atoms with E-state index in [1.807, 2.05) is 30.3 Å². The number of nitrogens with zero attached hydrogens (tertiary/aromatic N) is 3. The van der Waals surface area contributed by atoms with Crippen molar-refractivity contribution in [1.29, 1.82) is 0 Å². The Hall–Kier alpha value is -1.93. The summed E-state index contributed by atoms with van der Waals surface area (Å²) in [5.74, 6) is -0.0516. The number of hydrogen-bond acceptors (Lipinski definition) is 2. The fraction of sp³-hybridized carbons (Fsp3) is 0.600. The molecule has 0 radical (unpaired) electrons. The van der Waals surface area contributed by atoms with E-state index in [0.717, 1.165) is 37.8 Å². The second-order valence-electron chi connectivity index (χ2n) is 7.30. The van der Waals surface area contributed by atoms with Crippen LogP contribution in [0.4, 0.5) is 4.39 Å². The Balaban J connectivity index is 1.66. The van der Waals surface area contributed by atoms with Gasteiger partial charge in [-0.3, -0.25) is 9.69 Å².